The molecule has 1 aromatic heterocycles. The molecule has 0 radical (unpaired) electrons. The number of carbonyl (C=O) groups excluding carboxylic acids is 1. The SMILES string of the molecule is COC(=O)c1cc(Cl)cnc1OCC(F)(F)F. The minimum atomic E-state index is -4.52. The minimum Gasteiger partial charge on any atom is -0.467 e. The first-order chi connectivity index (χ1) is 7.83. The molecule has 17 heavy (non-hydrogen) atoms. The van der Waals surface area contributed by atoms with Crippen LogP contribution in [0, 0.1) is 0 Å². The molecule has 0 fully saturated rings. The number of ether oxygens (including phenoxy) is 2. The van der Waals surface area contributed by atoms with E-state index in [0.29, 0.717) is 0 Å². The molecule has 4 nitrogen and oxygen atoms in total. The summed E-state index contributed by atoms with van der Waals surface area (Å²) in [6.45, 7) is -1.55. The summed E-state index contributed by atoms with van der Waals surface area (Å²) in [5.41, 5.74) is -0.260. The molecule has 0 saturated carbocycles. The van der Waals surface area contributed by atoms with Gasteiger partial charge < -0.3 is 9.47 Å². The van der Waals surface area contributed by atoms with Gasteiger partial charge in [0.15, 0.2) is 6.61 Å². The van der Waals surface area contributed by atoms with Crippen LogP contribution in [-0.2, 0) is 4.74 Å². The monoisotopic (exact) mass is 269 g/mol. The molecule has 0 atom stereocenters. The Kier molecular flexibility index (Phi) is 4.17. The number of nitrogens with zero attached hydrogens (tertiary/aromatic N) is 1. The first kappa shape index (κ1) is 13.6. The van der Waals surface area contributed by atoms with Gasteiger partial charge >= 0.3 is 12.1 Å². The van der Waals surface area contributed by atoms with Crippen LogP contribution in [0.25, 0.3) is 0 Å². The molecule has 0 amide bonds. The van der Waals surface area contributed by atoms with Gasteiger partial charge in [-0.05, 0) is 6.07 Å². The normalized spacial score (nSPS) is 11.1. The fourth-order valence-corrected chi connectivity index (χ4v) is 1.11. The Bertz CT molecular complexity index is 422. The zero-order valence-electron chi connectivity index (χ0n) is 8.55. The molecule has 0 spiro atoms. The van der Waals surface area contributed by atoms with Gasteiger partial charge in [0.25, 0.3) is 0 Å². The van der Waals surface area contributed by atoms with Crippen LogP contribution in [0.15, 0.2) is 12.3 Å². The van der Waals surface area contributed by atoms with Crippen LogP contribution in [0.2, 0.25) is 5.02 Å². The zero-order chi connectivity index (χ0) is 13.1. The number of aromatic nitrogens is 1. The van der Waals surface area contributed by atoms with Crippen molar-refractivity contribution in [1.82, 2.24) is 4.98 Å². The van der Waals surface area contributed by atoms with Gasteiger partial charge in [-0.1, -0.05) is 11.6 Å². The largest absolute Gasteiger partial charge is 0.467 e. The van der Waals surface area contributed by atoms with Crippen molar-refractivity contribution in [3.8, 4) is 5.88 Å². The number of rotatable bonds is 3. The van der Waals surface area contributed by atoms with E-state index < -0.39 is 24.6 Å². The molecule has 1 heterocycles. The van der Waals surface area contributed by atoms with E-state index in [-0.39, 0.29) is 10.6 Å². The van der Waals surface area contributed by atoms with Gasteiger partial charge in [-0.25, -0.2) is 9.78 Å². The van der Waals surface area contributed by atoms with E-state index in [1.54, 1.807) is 0 Å². The molecule has 0 aliphatic carbocycles. The number of carbonyl (C=O) groups is 1. The molecule has 1 rings (SSSR count). The van der Waals surface area contributed by atoms with Crippen LogP contribution < -0.4 is 4.74 Å². The Morgan fingerprint density at radius 3 is 2.71 bits per heavy atom. The van der Waals surface area contributed by atoms with E-state index >= 15 is 0 Å². The number of methoxy groups -OCH3 is 1. The number of halogens is 4. The fraction of sp³-hybridized carbons (Fsp3) is 0.333. The summed E-state index contributed by atoms with van der Waals surface area (Å²) in [7, 11) is 1.08. The molecule has 0 aliphatic heterocycles. The van der Waals surface area contributed by atoms with Gasteiger partial charge in [-0.3, -0.25) is 0 Å². The number of hydrogen-bond acceptors (Lipinski definition) is 4. The van der Waals surface area contributed by atoms with E-state index in [9.17, 15) is 18.0 Å². The minimum absolute atomic E-state index is 0.0877. The molecule has 0 N–H and O–H groups in total. The molecule has 8 heteroatoms. The van der Waals surface area contributed by atoms with Gasteiger partial charge in [-0.2, -0.15) is 13.2 Å². The van der Waals surface area contributed by atoms with Crippen molar-refractivity contribution in [2.24, 2.45) is 0 Å². The van der Waals surface area contributed by atoms with Crippen LogP contribution in [0.1, 0.15) is 10.4 Å². The molecule has 0 aromatic carbocycles. The Hall–Kier alpha value is -1.50. The third kappa shape index (κ3) is 4.10. The van der Waals surface area contributed by atoms with Crippen LogP contribution in [-0.4, -0.2) is 30.8 Å². The van der Waals surface area contributed by atoms with Crippen molar-refractivity contribution in [2.75, 3.05) is 13.7 Å². The van der Waals surface area contributed by atoms with E-state index in [0.717, 1.165) is 19.4 Å². The highest BCUT2D eigenvalue weighted by Gasteiger charge is 2.29. The van der Waals surface area contributed by atoms with Crippen molar-refractivity contribution >= 4 is 17.6 Å². The molecular weight excluding hydrogens is 263 g/mol. The lowest BCUT2D eigenvalue weighted by molar-refractivity contribution is -0.154. The molecule has 0 saturated heterocycles. The second-order valence-corrected chi connectivity index (χ2v) is 3.34. The van der Waals surface area contributed by atoms with Crippen molar-refractivity contribution in [3.05, 3.63) is 22.8 Å². The maximum absolute atomic E-state index is 11.9. The van der Waals surface area contributed by atoms with Gasteiger partial charge in [-0.15, -0.1) is 0 Å². The second kappa shape index (κ2) is 5.22. The van der Waals surface area contributed by atoms with Crippen LogP contribution in [0.5, 0.6) is 5.88 Å². The lowest BCUT2D eigenvalue weighted by Gasteiger charge is -2.11. The molecule has 0 unspecified atom stereocenters. The first-order valence-electron chi connectivity index (χ1n) is 4.27. The first-order valence-corrected chi connectivity index (χ1v) is 4.64. The zero-order valence-corrected chi connectivity index (χ0v) is 9.30. The standard InChI is InChI=1S/C9H7ClF3NO3/c1-16-8(15)6-2-5(10)3-14-7(6)17-4-9(11,12)13/h2-3H,4H2,1H3. The van der Waals surface area contributed by atoms with Crippen LogP contribution >= 0.6 is 11.6 Å². The number of esters is 1. The molecule has 0 aliphatic rings. The summed E-state index contributed by atoms with van der Waals surface area (Å²) in [5, 5.41) is 0.0877. The van der Waals surface area contributed by atoms with E-state index in [1.165, 1.54) is 0 Å². The lowest BCUT2D eigenvalue weighted by atomic mass is 10.3. The van der Waals surface area contributed by atoms with E-state index in [2.05, 4.69) is 14.5 Å². The van der Waals surface area contributed by atoms with Gasteiger partial charge in [0.2, 0.25) is 5.88 Å². The summed E-state index contributed by atoms with van der Waals surface area (Å²) in [5.74, 6) is -1.35. The number of pyridine rings is 1. The highest BCUT2D eigenvalue weighted by atomic mass is 35.5. The average Bonchev–Trinajstić information content (AvgIpc) is 2.25. The highest BCUT2D eigenvalue weighted by Crippen LogP contribution is 2.23. The van der Waals surface area contributed by atoms with Crippen molar-refractivity contribution < 1.29 is 27.4 Å². The second-order valence-electron chi connectivity index (χ2n) is 2.90. The average molecular weight is 270 g/mol. The molecule has 94 valence electrons. The molecule has 1 aromatic rings. The topological polar surface area (TPSA) is 48.4 Å². The predicted octanol–water partition coefficient (Wildman–Crippen LogP) is 2.46. The maximum atomic E-state index is 11.9. The van der Waals surface area contributed by atoms with Gasteiger partial charge in [0, 0.05) is 6.20 Å². The number of hydrogen-bond donors (Lipinski definition) is 0. The Morgan fingerprint density at radius 2 is 2.18 bits per heavy atom. The van der Waals surface area contributed by atoms with Gasteiger partial charge in [0.1, 0.15) is 5.56 Å². The predicted molar refractivity (Wildman–Crippen MR) is 52.1 cm³/mol. The van der Waals surface area contributed by atoms with E-state index in [4.69, 9.17) is 11.6 Å². The van der Waals surface area contributed by atoms with Gasteiger partial charge in [0.05, 0.1) is 12.1 Å². The third-order valence-electron chi connectivity index (χ3n) is 1.60. The summed E-state index contributed by atoms with van der Waals surface area (Å²) in [4.78, 5) is 14.7. The Morgan fingerprint density at radius 1 is 1.53 bits per heavy atom. The Labute approximate surface area is 99.3 Å². The summed E-state index contributed by atoms with van der Waals surface area (Å²) in [6, 6.07) is 1.12. The van der Waals surface area contributed by atoms with Crippen molar-refractivity contribution in [3.63, 3.8) is 0 Å². The smallest absolute Gasteiger partial charge is 0.422 e. The highest BCUT2D eigenvalue weighted by molar-refractivity contribution is 6.30. The van der Waals surface area contributed by atoms with E-state index in [1.807, 2.05) is 0 Å². The molecular formula is C9H7ClF3NO3. The maximum Gasteiger partial charge on any atom is 0.422 e. The number of alkyl halides is 3. The Balaban J connectivity index is 2.94. The summed E-state index contributed by atoms with van der Waals surface area (Å²) in [6.07, 6.45) is -3.45. The summed E-state index contributed by atoms with van der Waals surface area (Å²) < 4.78 is 44.6. The third-order valence-corrected chi connectivity index (χ3v) is 1.80. The van der Waals surface area contributed by atoms with Crippen molar-refractivity contribution in [1.29, 1.82) is 0 Å². The van der Waals surface area contributed by atoms with Crippen LogP contribution in [0.4, 0.5) is 13.2 Å². The molecule has 0 bridgehead atoms. The lowest BCUT2D eigenvalue weighted by Crippen LogP contribution is -2.21. The quantitative estimate of drug-likeness (QED) is 0.791. The van der Waals surface area contributed by atoms with Crippen molar-refractivity contribution in [2.45, 2.75) is 6.18 Å². The fourth-order valence-electron chi connectivity index (χ4n) is 0.948. The summed E-state index contributed by atoms with van der Waals surface area (Å²) >= 11 is 5.56. The van der Waals surface area contributed by atoms with Crippen LogP contribution in [0.3, 0.4) is 0 Å².